The fourth-order valence-corrected chi connectivity index (χ4v) is 2.61. The van der Waals surface area contributed by atoms with E-state index in [-0.39, 0.29) is 18.4 Å². The molecule has 0 aromatic heterocycles. The van der Waals surface area contributed by atoms with Gasteiger partial charge in [0.15, 0.2) is 0 Å². The SMILES string of the molecule is C[C@@H]1COCCN1C(=O)CC(C)(C(=O)O)c1ccccc1. The van der Waals surface area contributed by atoms with Gasteiger partial charge >= 0.3 is 5.97 Å². The molecule has 1 fully saturated rings. The van der Waals surface area contributed by atoms with Crippen molar-refractivity contribution in [1.82, 2.24) is 4.90 Å². The molecule has 1 N–H and O–H groups in total. The predicted molar refractivity (Wildman–Crippen MR) is 78.0 cm³/mol. The molecular formula is C16H21NO4. The molecule has 1 amide bonds. The molecule has 0 saturated carbocycles. The van der Waals surface area contributed by atoms with E-state index in [1.165, 1.54) is 0 Å². The minimum atomic E-state index is -1.21. The maximum absolute atomic E-state index is 12.5. The number of ether oxygens (including phenoxy) is 1. The first kappa shape index (κ1) is 15.5. The van der Waals surface area contributed by atoms with Gasteiger partial charge in [-0.25, -0.2) is 0 Å². The molecule has 0 radical (unpaired) electrons. The van der Waals surface area contributed by atoms with Crippen LogP contribution in [0.4, 0.5) is 0 Å². The predicted octanol–water partition coefficient (Wildman–Crippen LogP) is 1.67. The molecule has 0 aliphatic carbocycles. The van der Waals surface area contributed by atoms with Crippen LogP contribution in [0, 0.1) is 0 Å². The highest BCUT2D eigenvalue weighted by atomic mass is 16.5. The zero-order valence-corrected chi connectivity index (χ0v) is 12.4. The van der Waals surface area contributed by atoms with Crippen molar-refractivity contribution in [2.75, 3.05) is 19.8 Å². The van der Waals surface area contributed by atoms with Gasteiger partial charge in [-0.3, -0.25) is 9.59 Å². The highest BCUT2D eigenvalue weighted by molar-refractivity contribution is 5.89. The van der Waals surface area contributed by atoms with Crippen LogP contribution in [0.1, 0.15) is 25.8 Å². The standard InChI is InChI=1S/C16H21NO4/c1-12-11-21-9-8-17(12)14(18)10-16(2,15(19)20)13-6-4-3-5-7-13/h3-7,12H,8-11H2,1-2H3,(H,19,20)/t12-,16?/m1/s1. The number of benzene rings is 1. The Labute approximate surface area is 124 Å². The number of morpholine rings is 1. The molecule has 21 heavy (non-hydrogen) atoms. The zero-order chi connectivity index (χ0) is 15.5. The molecule has 1 unspecified atom stereocenters. The molecule has 1 aromatic rings. The van der Waals surface area contributed by atoms with E-state index in [9.17, 15) is 14.7 Å². The monoisotopic (exact) mass is 291 g/mol. The average molecular weight is 291 g/mol. The Hall–Kier alpha value is -1.88. The number of rotatable bonds is 4. The van der Waals surface area contributed by atoms with Crippen LogP contribution < -0.4 is 0 Å². The molecule has 1 heterocycles. The molecule has 0 spiro atoms. The highest BCUT2D eigenvalue weighted by Gasteiger charge is 2.39. The van der Waals surface area contributed by atoms with Gasteiger partial charge in [0, 0.05) is 13.0 Å². The number of nitrogens with zero attached hydrogens (tertiary/aromatic N) is 1. The van der Waals surface area contributed by atoms with E-state index in [4.69, 9.17) is 4.74 Å². The van der Waals surface area contributed by atoms with Gasteiger partial charge in [0.05, 0.1) is 24.7 Å². The second kappa shape index (κ2) is 6.26. The van der Waals surface area contributed by atoms with E-state index in [0.29, 0.717) is 25.3 Å². The van der Waals surface area contributed by atoms with Crippen molar-refractivity contribution < 1.29 is 19.4 Å². The molecule has 1 saturated heterocycles. The van der Waals surface area contributed by atoms with Crippen molar-refractivity contribution in [3.8, 4) is 0 Å². The number of aliphatic carboxylic acids is 1. The summed E-state index contributed by atoms with van der Waals surface area (Å²) in [6.07, 6.45) is -0.0450. The summed E-state index contributed by atoms with van der Waals surface area (Å²) in [5, 5.41) is 9.60. The van der Waals surface area contributed by atoms with Gasteiger partial charge in [0.1, 0.15) is 0 Å². The largest absolute Gasteiger partial charge is 0.481 e. The smallest absolute Gasteiger partial charge is 0.314 e. The van der Waals surface area contributed by atoms with E-state index in [2.05, 4.69) is 0 Å². The van der Waals surface area contributed by atoms with E-state index in [1.807, 2.05) is 13.0 Å². The number of hydrogen-bond donors (Lipinski definition) is 1. The van der Waals surface area contributed by atoms with E-state index in [0.717, 1.165) is 0 Å². The van der Waals surface area contributed by atoms with Gasteiger partial charge in [0.2, 0.25) is 5.91 Å². The summed E-state index contributed by atoms with van der Waals surface area (Å²) < 4.78 is 5.31. The molecule has 2 rings (SSSR count). The lowest BCUT2D eigenvalue weighted by atomic mass is 9.79. The molecule has 0 bridgehead atoms. The van der Waals surface area contributed by atoms with Crippen LogP contribution in [0.15, 0.2) is 30.3 Å². The van der Waals surface area contributed by atoms with Crippen LogP contribution >= 0.6 is 0 Å². The van der Waals surface area contributed by atoms with Gasteiger partial charge in [-0.2, -0.15) is 0 Å². The zero-order valence-electron chi connectivity index (χ0n) is 12.4. The third kappa shape index (κ3) is 3.24. The minimum Gasteiger partial charge on any atom is -0.481 e. The van der Waals surface area contributed by atoms with Gasteiger partial charge in [-0.15, -0.1) is 0 Å². The second-order valence-electron chi connectivity index (χ2n) is 5.69. The average Bonchev–Trinajstić information content (AvgIpc) is 2.48. The molecule has 1 aliphatic heterocycles. The van der Waals surface area contributed by atoms with Crippen molar-refractivity contribution in [2.24, 2.45) is 0 Å². The Kier molecular flexibility index (Phi) is 4.63. The van der Waals surface area contributed by atoms with Crippen LogP contribution in [-0.2, 0) is 19.7 Å². The highest BCUT2D eigenvalue weighted by Crippen LogP contribution is 2.29. The van der Waals surface area contributed by atoms with Crippen molar-refractivity contribution in [1.29, 1.82) is 0 Å². The summed E-state index contributed by atoms with van der Waals surface area (Å²) in [7, 11) is 0. The minimum absolute atomic E-state index is 0.0138. The summed E-state index contributed by atoms with van der Waals surface area (Å²) in [5.74, 6) is -1.12. The van der Waals surface area contributed by atoms with Crippen molar-refractivity contribution in [3.63, 3.8) is 0 Å². The fraction of sp³-hybridized carbons (Fsp3) is 0.500. The van der Waals surface area contributed by atoms with E-state index in [1.54, 1.807) is 36.1 Å². The number of carboxylic acid groups (broad SMARTS) is 1. The first-order valence-corrected chi connectivity index (χ1v) is 7.11. The summed E-state index contributed by atoms with van der Waals surface area (Å²) >= 11 is 0. The Morgan fingerprint density at radius 2 is 2.05 bits per heavy atom. The van der Waals surface area contributed by atoms with E-state index < -0.39 is 11.4 Å². The summed E-state index contributed by atoms with van der Waals surface area (Å²) in [4.78, 5) is 26.0. The lowest BCUT2D eigenvalue weighted by Crippen LogP contribution is -2.49. The lowest BCUT2D eigenvalue weighted by molar-refractivity contribution is -0.150. The molecule has 1 aliphatic rings. The molecule has 1 aromatic carbocycles. The Bertz CT molecular complexity index is 516. The van der Waals surface area contributed by atoms with Crippen LogP contribution in [-0.4, -0.2) is 47.7 Å². The lowest BCUT2D eigenvalue weighted by Gasteiger charge is -2.35. The number of carboxylic acids is 1. The number of carbonyl (C=O) groups is 2. The van der Waals surface area contributed by atoms with Crippen LogP contribution in [0.5, 0.6) is 0 Å². The maximum Gasteiger partial charge on any atom is 0.314 e. The molecule has 114 valence electrons. The molecule has 5 heteroatoms. The topological polar surface area (TPSA) is 66.8 Å². The normalized spacial score (nSPS) is 21.6. The van der Waals surface area contributed by atoms with Crippen molar-refractivity contribution in [3.05, 3.63) is 35.9 Å². The second-order valence-corrected chi connectivity index (χ2v) is 5.69. The summed E-state index contributed by atoms with van der Waals surface area (Å²) in [6.45, 7) is 5.04. The Balaban J connectivity index is 2.20. The van der Waals surface area contributed by atoms with E-state index >= 15 is 0 Å². The van der Waals surface area contributed by atoms with Crippen molar-refractivity contribution in [2.45, 2.75) is 31.7 Å². The van der Waals surface area contributed by atoms with Gasteiger partial charge in [0.25, 0.3) is 0 Å². The van der Waals surface area contributed by atoms with Gasteiger partial charge in [-0.1, -0.05) is 30.3 Å². The van der Waals surface area contributed by atoms with Gasteiger partial charge in [-0.05, 0) is 19.4 Å². The van der Waals surface area contributed by atoms with Crippen molar-refractivity contribution >= 4 is 11.9 Å². The Morgan fingerprint density at radius 3 is 2.62 bits per heavy atom. The number of carbonyl (C=O) groups excluding carboxylic acids is 1. The molecule has 5 nitrogen and oxygen atoms in total. The Morgan fingerprint density at radius 1 is 1.38 bits per heavy atom. The summed E-state index contributed by atoms with van der Waals surface area (Å²) in [5.41, 5.74) is -0.567. The third-order valence-corrected chi connectivity index (χ3v) is 4.08. The number of hydrogen-bond acceptors (Lipinski definition) is 3. The maximum atomic E-state index is 12.5. The van der Waals surface area contributed by atoms with Gasteiger partial charge < -0.3 is 14.7 Å². The molecule has 2 atom stereocenters. The van der Waals surface area contributed by atoms with Crippen LogP contribution in [0.3, 0.4) is 0 Å². The first-order chi connectivity index (χ1) is 9.95. The third-order valence-electron chi connectivity index (χ3n) is 4.08. The van der Waals surface area contributed by atoms with Crippen LogP contribution in [0.2, 0.25) is 0 Å². The molecular weight excluding hydrogens is 270 g/mol. The van der Waals surface area contributed by atoms with Crippen LogP contribution in [0.25, 0.3) is 0 Å². The number of amides is 1. The quantitative estimate of drug-likeness (QED) is 0.916. The fourth-order valence-electron chi connectivity index (χ4n) is 2.61. The summed E-state index contributed by atoms with van der Waals surface area (Å²) in [6, 6.07) is 8.91. The first-order valence-electron chi connectivity index (χ1n) is 7.11.